The Kier molecular flexibility index (Phi) is 5.04. The van der Waals surface area contributed by atoms with Crippen LogP contribution in [0.4, 0.5) is 0 Å². The molecule has 102 valence electrons. The number of aryl methyl sites for hydroxylation is 1. The smallest absolute Gasteiger partial charge is 0.105 e. The number of nitrogens with one attached hydrogen (secondary N) is 1. The topological polar surface area (TPSA) is 55.9 Å². The average Bonchev–Trinajstić information content (AvgIpc) is 2.72. The van der Waals surface area contributed by atoms with E-state index in [9.17, 15) is 0 Å². The van der Waals surface area contributed by atoms with Gasteiger partial charge in [-0.25, -0.2) is 4.98 Å². The molecule has 0 aliphatic rings. The molecule has 19 heavy (non-hydrogen) atoms. The second-order valence-electron chi connectivity index (χ2n) is 4.28. The van der Waals surface area contributed by atoms with Gasteiger partial charge in [-0.15, -0.1) is 11.8 Å². The molecule has 0 aliphatic carbocycles. The van der Waals surface area contributed by atoms with Crippen molar-refractivity contribution >= 4 is 27.7 Å². The summed E-state index contributed by atoms with van der Waals surface area (Å²) in [5, 5.41) is 0. The van der Waals surface area contributed by atoms with Gasteiger partial charge in [-0.2, -0.15) is 0 Å². The van der Waals surface area contributed by atoms with E-state index < -0.39 is 0 Å². The summed E-state index contributed by atoms with van der Waals surface area (Å²) in [5.74, 6) is 7.51. The minimum absolute atomic E-state index is 0.0789. The fraction of sp³-hybridized carbons (Fsp3) is 0.308. The number of rotatable bonds is 5. The van der Waals surface area contributed by atoms with Gasteiger partial charge in [0.05, 0.1) is 17.9 Å². The van der Waals surface area contributed by atoms with Crippen molar-refractivity contribution in [1.82, 2.24) is 15.0 Å². The van der Waals surface area contributed by atoms with Crippen LogP contribution in [0.5, 0.6) is 0 Å². The van der Waals surface area contributed by atoms with Gasteiger partial charge in [0, 0.05) is 22.2 Å². The molecule has 0 radical (unpaired) electrons. The molecule has 1 atom stereocenters. The van der Waals surface area contributed by atoms with Gasteiger partial charge in [0.1, 0.15) is 5.82 Å². The number of hydrogen-bond acceptors (Lipinski definition) is 4. The average molecular weight is 341 g/mol. The highest BCUT2D eigenvalue weighted by molar-refractivity contribution is 9.10. The molecule has 3 N–H and O–H groups in total. The number of hydrogen-bond donors (Lipinski definition) is 2. The quantitative estimate of drug-likeness (QED) is 0.499. The summed E-state index contributed by atoms with van der Waals surface area (Å²) in [6, 6.07) is 8.33. The summed E-state index contributed by atoms with van der Waals surface area (Å²) in [7, 11) is 2.01. The minimum atomic E-state index is 0.0789. The number of hydrazine groups is 1. The van der Waals surface area contributed by atoms with E-state index in [0.29, 0.717) is 0 Å². The van der Waals surface area contributed by atoms with Crippen LogP contribution in [0.1, 0.15) is 17.6 Å². The predicted octanol–water partition coefficient (Wildman–Crippen LogP) is 2.79. The zero-order valence-corrected chi connectivity index (χ0v) is 13.3. The molecular formula is C13H17BrN4S. The molecule has 0 saturated heterocycles. The zero-order valence-electron chi connectivity index (χ0n) is 10.9. The van der Waals surface area contributed by atoms with Crippen molar-refractivity contribution < 1.29 is 0 Å². The lowest BCUT2D eigenvalue weighted by Gasteiger charge is -2.16. The molecule has 0 fully saturated rings. The van der Waals surface area contributed by atoms with Crippen LogP contribution >= 0.6 is 27.7 Å². The predicted molar refractivity (Wildman–Crippen MR) is 82.9 cm³/mol. The van der Waals surface area contributed by atoms with E-state index in [1.54, 1.807) is 11.8 Å². The Labute approximate surface area is 125 Å². The normalized spacial score (nSPS) is 12.6. The van der Waals surface area contributed by atoms with Crippen LogP contribution in [-0.2, 0) is 7.05 Å². The molecule has 1 aromatic carbocycles. The summed E-state index contributed by atoms with van der Waals surface area (Å²) in [5.41, 5.74) is 3.96. The molecule has 0 amide bonds. The monoisotopic (exact) mass is 340 g/mol. The molecule has 1 unspecified atom stereocenters. The van der Waals surface area contributed by atoms with Gasteiger partial charge in [0.2, 0.25) is 0 Å². The summed E-state index contributed by atoms with van der Waals surface area (Å²) in [4.78, 5) is 5.52. The van der Waals surface area contributed by atoms with Crippen LogP contribution in [0.25, 0.3) is 0 Å². The first-order valence-corrected chi connectivity index (χ1v) is 7.72. The molecule has 2 aromatic rings. The summed E-state index contributed by atoms with van der Waals surface area (Å²) < 4.78 is 3.15. The van der Waals surface area contributed by atoms with Crippen LogP contribution < -0.4 is 11.3 Å². The van der Waals surface area contributed by atoms with E-state index in [2.05, 4.69) is 43.0 Å². The van der Waals surface area contributed by atoms with E-state index in [1.165, 1.54) is 4.90 Å². The molecule has 0 spiro atoms. The van der Waals surface area contributed by atoms with Crippen LogP contribution in [0, 0.1) is 6.92 Å². The van der Waals surface area contributed by atoms with Gasteiger partial charge < -0.3 is 4.57 Å². The van der Waals surface area contributed by atoms with Crippen molar-refractivity contribution in [2.75, 3.05) is 5.75 Å². The van der Waals surface area contributed by atoms with Crippen molar-refractivity contribution in [3.63, 3.8) is 0 Å². The SMILES string of the molecule is Cc1ncc(C(CSc2cccc(Br)c2)NN)n1C. The lowest BCUT2D eigenvalue weighted by molar-refractivity contribution is 0.570. The zero-order chi connectivity index (χ0) is 13.8. The number of nitrogens with zero attached hydrogens (tertiary/aromatic N) is 2. The van der Waals surface area contributed by atoms with Crippen LogP contribution in [0.15, 0.2) is 39.8 Å². The number of nitrogens with two attached hydrogens (primary N) is 1. The number of thioether (sulfide) groups is 1. The van der Waals surface area contributed by atoms with Gasteiger partial charge in [0.25, 0.3) is 0 Å². The molecule has 1 aromatic heterocycles. The standard InChI is InChI=1S/C13H17BrN4S/c1-9-16-7-13(18(9)2)12(17-15)8-19-11-5-3-4-10(14)6-11/h3-7,12,17H,8,15H2,1-2H3. The molecule has 1 heterocycles. The van der Waals surface area contributed by atoms with Gasteiger partial charge >= 0.3 is 0 Å². The highest BCUT2D eigenvalue weighted by Gasteiger charge is 2.15. The Morgan fingerprint density at radius 1 is 1.53 bits per heavy atom. The van der Waals surface area contributed by atoms with Crippen LogP contribution in [0.2, 0.25) is 0 Å². The first kappa shape index (κ1) is 14.6. The highest BCUT2D eigenvalue weighted by atomic mass is 79.9. The Bertz CT molecular complexity index is 555. The fourth-order valence-electron chi connectivity index (χ4n) is 1.80. The summed E-state index contributed by atoms with van der Waals surface area (Å²) in [6.45, 7) is 1.98. The van der Waals surface area contributed by atoms with Gasteiger partial charge in [0.15, 0.2) is 0 Å². The van der Waals surface area contributed by atoms with Crippen molar-refractivity contribution in [3.8, 4) is 0 Å². The molecule has 0 bridgehead atoms. The lowest BCUT2D eigenvalue weighted by Crippen LogP contribution is -2.31. The maximum absolute atomic E-state index is 5.66. The molecular weight excluding hydrogens is 324 g/mol. The van der Waals surface area contributed by atoms with E-state index in [-0.39, 0.29) is 6.04 Å². The van der Waals surface area contributed by atoms with Crippen molar-refractivity contribution in [2.24, 2.45) is 12.9 Å². The molecule has 2 rings (SSSR count). The van der Waals surface area contributed by atoms with E-state index in [1.807, 2.05) is 32.3 Å². The molecule has 6 heteroatoms. The molecule has 4 nitrogen and oxygen atoms in total. The summed E-state index contributed by atoms with van der Waals surface area (Å²) in [6.07, 6.45) is 1.88. The third-order valence-corrected chi connectivity index (χ3v) is 4.61. The number of imidazole rings is 1. The van der Waals surface area contributed by atoms with E-state index >= 15 is 0 Å². The number of benzene rings is 1. The summed E-state index contributed by atoms with van der Waals surface area (Å²) >= 11 is 5.24. The number of halogens is 1. The minimum Gasteiger partial charge on any atom is -0.334 e. The first-order valence-electron chi connectivity index (χ1n) is 5.94. The van der Waals surface area contributed by atoms with E-state index in [4.69, 9.17) is 5.84 Å². The molecule has 0 saturated carbocycles. The molecule has 0 aliphatic heterocycles. The third kappa shape index (κ3) is 3.60. The largest absolute Gasteiger partial charge is 0.334 e. The maximum atomic E-state index is 5.66. The number of aromatic nitrogens is 2. The Hall–Kier alpha value is -0.820. The van der Waals surface area contributed by atoms with Gasteiger partial charge in [-0.1, -0.05) is 22.0 Å². The second-order valence-corrected chi connectivity index (χ2v) is 6.29. The Morgan fingerprint density at radius 2 is 2.32 bits per heavy atom. The third-order valence-electron chi connectivity index (χ3n) is 3.03. The Morgan fingerprint density at radius 3 is 2.89 bits per heavy atom. The lowest BCUT2D eigenvalue weighted by atomic mass is 10.2. The maximum Gasteiger partial charge on any atom is 0.105 e. The Balaban J connectivity index is 2.06. The van der Waals surface area contributed by atoms with Crippen LogP contribution in [-0.4, -0.2) is 15.3 Å². The van der Waals surface area contributed by atoms with E-state index in [0.717, 1.165) is 21.7 Å². The van der Waals surface area contributed by atoms with Crippen LogP contribution in [0.3, 0.4) is 0 Å². The van der Waals surface area contributed by atoms with Crippen molar-refractivity contribution in [3.05, 3.63) is 46.5 Å². The van der Waals surface area contributed by atoms with Gasteiger partial charge in [-0.3, -0.25) is 11.3 Å². The van der Waals surface area contributed by atoms with Gasteiger partial charge in [-0.05, 0) is 25.1 Å². The first-order chi connectivity index (χ1) is 9.11. The van der Waals surface area contributed by atoms with Crippen molar-refractivity contribution in [1.29, 1.82) is 0 Å². The fourth-order valence-corrected chi connectivity index (χ4v) is 3.36. The highest BCUT2D eigenvalue weighted by Crippen LogP contribution is 2.26. The second kappa shape index (κ2) is 6.56. The van der Waals surface area contributed by atoms with Crippen molar-refractivity contribution in [2.45, 2.75) is 17.9 Å².